The number of nitrogens with zero attached hydrogens (tertiary/aromatic N) is 5. The molecule has 0 fully saturated rings. The molecule has 0 aliphatic carbocycles. The number of aromatic nitrogens is 6. The van der Waals surface area contributed by atoms with E-state index in [1.807, 2.05) is 49.6 Å². The zero-order chi connectivity index (χ0) is 50.9. The van der Waals surface area contributed by atoms with Crippen LogP contribution in [0.3, 0.4) is 0 Å². The van der Waals surface area contributed by atoms with Gasteiger partial charge in [-0.2, -0.15) is 39.5 Å². The molecule has 0 atom stereocenters. The molecular weight excluding hydrogens is 1010 g/mol. The smallest absolute Gasteiger partial charge is 0.416 e. The predicted molar refractivity (Wildman–Crippen MR) is 243 cm³/mol. The largest absolute Gasteiger partial charge is 0.465 e. The van der Waals surface area contributed by atoms with Gasteiger partial charge < -0.3 is 29.5 Å². The Kier molecular flexibility index (Phi) is 12.4. The number of amides is 1. The maximum absolute atomic E-state index is 13.0. The first-order valence-electron chi connectivity index (χ1n) is 20.9. The number of anilines is 2. The number of ether oxygens (including phenoxy) is 1. The van der Waals surface area contributed by atoms with Crippen molar-refractivity contribution in [3.8, 4) is 0 Å². The minimum Gasteiger partial charge on any atom is -0.465 e. The molecule has 2 aliphatic heterocycles. The Morgan fingerprint density at radius 1 is 0.614 bits per heavy atom. The first-order chi connectivity index (χ1) is 32.7. The molecule has 10 rings (SSSR count). The molecule has 23 heteroatoms. The molecule has 0 radical (unpaired) electrons. The fourth-order valence-electron chi connectivity index (χ4n) is 8.67. The summed E-state index contributed by atoms with van der Waals surface area (Å²) in [5.41, 5.74) is 4.95. The molecule has 0 bridgehead atoms. The highest BCUT2D eigenvalue weighted by atomic mass is 79.9. The second-order valence-electron chi connectivity index (χ2n) is 17.2. The van der Waals surface area contributed by atoms with E-state index < -0.39 is 58.2 Å². The number of rotatable bonds is 4. The van der Waals surface area contributed by atoms with Crippen LogP contribution in [0.15, 0.2) is 95.7 Å². The fourth-order valence-corrected chi connectivity index (χ4v) is 9.08. The number of imidazole rings is 3. The van der Waals surface area contributed by atoms with Gasteiger partial charge in [0.15, 0.2) is 4.73 Å². The summed E-state index contributed by atoms with van der Waals surface area (Å²) in [4.78, 5) is 49.4. The van der Waals surface area contributed by atoms with E-state index in [9.17, 15) is 49.1 Å². The number of nitrogens with one attached hydrogen (secondary N) is 4. The summed E-state index contributed by atoms with van der Waals surface area (Å²) < 4.78 is 120. The van der Waals surface area contributed by atoms with E-state index in [0.717, 1.165) is 58.7 Å². The zero-order valence-electron chi connectivity index (χ0n) is 37.3. The van der Waals surface area contributed by atoms with Crippen molar-refractivity contribution in [1.29, 1.82) is 0 Å². The molecule has 366 valence electrons. The summed E-state index contributed by atoms with van der Waals surface area (Å²) in [5.74, 6) is -0.180. The molecule has 5 N–H and O–H groups in total. The number of carbonyl (C=O) groups is 2. The fraction of sp³-hybridized carbons (Fsp3) is 0.255. The molecule has 13 nitrogen and oxygen atoms in total. The van der Waals surface area contributed by atoms with E-state index in [-0.39, 0.29) is 5.52 Å². The summed E-state index contributed by atoms with van der Waals surface area (Å²) in [6, 6.07) is 20.8. The van der Waals surface area contributed by atoms with E-state index in [2.05, 4.69) is 45.8 Å². The third-order valence-corrected chi connectivity index (χ3v) is 12.7. The number of alkyl halides is 9. The topological polar surface area (TPSA) is 168 Å². The highest BCUT2D eigenvalue weighted by Gasteiger charge is 2.43. The minimum atomic E-state index is -4.44. The minimum absolute atomic E-state index is 0.282. The van der Waals surface area contributed by atoms with Gasteiger partial charge in [-0.1, -0.05) is 24.3 Å². The zero-order valence-corrected chi connectivity index (χ0v) is 38.8. The normalized spacial score (nSPS) is 15.0. The third-order valence-electron chi connectivity index (χ3n) is 12.3. The Labute approximate surface area is 399 Å². The lowest BCUT2D eigenvalue weighted by Gasteiger charge is -2.32. The maximum atomic E-state index is 13.0. The van der Waals surface area contributed by atoms with Gasteiger partial charge in [-0.25, -0.2) is 25.2 Å². The summed E-state index contributed by atoms with van der Waals surface area (Å²) in [6.45, 7) is 8.54. The molecule has 0 saturated heterocycles. The first-order valence-corrected chi connectivity index (χ1v) is 21.7. The van der Waals surface area contributed by atoms with E-state index in [1.54, 1.807) is 29.7 Å². The van der Waals surface area contributed by atoms with Gasteiger partial charge in [0.2, 0.25) is 11.9 Å². The van der Waals surface area contributed by atoms with Crippen molar-refractivity contribution < 1.29 is 59.0 Å². The van der Waals surface area contributed by atoms with Crippen LogP contribution in [0.2, 0.25) is 0 Å². The monoisotopic (exact) mass is 1040 g/mol. The molecule has 0 saturated carbocycles. The van der Waals surface area contributed by atoms with Crippen LogP contribution in [-0.2, 0) is 47.4 Å². The van der Waals surface area contributed by atoms with Gasteiger partial charge in [-0.05, 0) is 133 Å². The van der Waals surface area contributed by atoms with Crippen molar-refractivity contribution in [2.24, 2.45) is 0 Å². The predicted octanol–water partition coefficient (Wildman–Crippen LogP) is 11.9. The molecule has 0 spiro atoms. The highest BCUT2D eigenvalue weighted by Crippen LogP contribution is 2.45. The maximum Gasteiger partial charge on any atom is 0.416 e. The van der Waals surface area contributed by atoms with Crippen molar-refractivity contribution in [1.82, 2.24) is 35.4 Å². The van der Waals surface area contributed by atoms with Crippen molar-refractivity contribution in [2.75, 3.05) is 16.9 Å². The van der Waals surface area contributed by atoms with Gasteiger partial charge in [-0.15, -0.1) is 0 Å². The molecule has 0 unspecified atom stereocenters. The molecule has 8 aromatic rings. The Morgan fingerprint density at radius 2 is 1.00 bits per heavy atom. The van der Waals surface area contributed by atoms with Crippen LogP contribution in [0.4, 0.5) is 51.4 Å². The number of fused-ring (bicyclic) bond motifs is 5. The average molecular weight is 1040 g/mol. The number of methoxy groups -OCH3 is 1. The van der Waals surface area contributed by atoms with Gasteiger partial charge >= 0.3 is 24.5 Å². The Bertz CT molecular complexity index is 3150. The summed E-state index contributed by atoms with van der Waals surface area (Å²) >= 11 is 3.05. The van der Waals surface area contributed by atoms with Crippen LogP contribution in [0.5, 0.6) is 0 Å². The number of esters is 1. The lowest BCUT2D eigenvalue weighted by Crippen LogP contribution is -2.36. The van der Waals surface area contributed by atoms with Gasteiger partial charge in [0.05, 0.1) is 73.5 Å². The number of benzene rings is 5. The second kappa shape index (κ2) is 17.7. The van der Waals surface area contributed by atoms with Crippen LogP contribution >= 0.6 is 15.9 Å². The third kappa shape index (κ3) is 9.21. The van der Waals surface area contributed by atoms with Crippen LogP contribution in [0, 0.1) is 0 Å². The van der Waals surface area contributed by atoms with Crippen molar-refractivity contribution in [3.63, 3.8) is 0 Å². The van der Waals surface area contributed by atoms with E-state index in [1.165, 1.54) is 25.3 Å². The van der Waals surface area contributed by atoms with Crippen LogP contribution in [0.1, 0.15) is 87.4 Å². The molecule has 70 heavy (non-hydrogen) atoms. The quantitative estimate of drug-likeness (QED) is 0.0499. The second-order valence-corrected chi connectivity index (χ2v) is 18.0. The summed E-state index contributed by atoms with van der Waals surface area (Å²) in [6.07, 6.45) is -13.2. The Balaban J connectivity index is 0.000000149. The highest BCUT2D eigenvalue weighted by molar-refractivity contribution is 9.10. The molecule has 3 aromatic heterocycles. The van der Waals surface area contributed by atoms with Crippen molar-refractivity contribution >= 4 is 72.8 Å². The Hall–Kier alpha value is -7.14. The number of hydrogen-bond acceptors (Lipinski definition) is 9. The SMILES string of the molecule is CC1(C)c2cccc(C(=O)NO)c2CN1c1nc2ccc(C(F)(F)F)cc2[nH]1.COC(=O)c1cccc2c1CN(c1nc3ccc(C(F)(F)F)cc3[nH]1)C2(C)C.FC(F)(F)c1ccc2nc(Br)[nH]c2c1. The van der Waals surface area contributed by atoms with Crippen LogP contribution in [-0.4, -0.2) is 54.1 Å². The standard InChI is InChI=1S/C20H18F3N3O2.C19H17F3N4O2.C8H4BrF3N2/c1-19(2)14-6-4-5-12(17(27)28-3)13(14)10-26(19)18-24-15-8-7-11(20(21,22)23)9-16(15)25-18;1-18(2)13-5-3-4-11(16(27)25-28)12(13)9-26(18)17-23-14-7-6-10(19(20,21)22)8-15(14)24-17;9-7-13-5-2-1-4(8(10,11)12)3-6(5)14-7/h4-9H,10H2,1-3H3,(H,24,25);3-8,28H,9H2,1-2H3,(H,23,24)(H,25,27);1-3H,(H,13,14). The molecule has 5 aromatic carbocycles. The van der Waals surface area contributed by atoms with E-state index >= 15 is 0 Å². The number of H-pyrrole nitrogens is 3. The Morgan fingerprint density at radius 3 is 1.40 bits per heavy atom. The van der Waals surface area contributed by atoms with E-state index in [0.29, 0.717) is 68.4 Å². The number of hydrogen-bond donors (Lipinski definition) is 5. The number of carbonyl (C=O) groups excluding carboxylic acids is 2. The number of aromatic amines is 3. The summed E-state index contributed by atoms with van der Waals surface area (Å²) in [5, 5.41) is 9.00. The van der Waals surface area contributed by atoms with Gasteiger partial charge in [0, 0.05) is 18.7 Å². The lowest BCUT2D eigenvalue weighted by molar-refractivity contribution is -0.138. The lowest BCUT2D eigenvalue weighted by atomic mass is 9.91. The van der Waals surface area contributed by atoms with Crippen molar-refractivity contribution in [2.45, 2.75) is 70.4 Å². The van der Waals surface area contributed by atoms with Gasteiger partial charge in [-0.3, -0.25) is 10.0 Å². The number of hydroxylamine groups is 1. The molecule has 5 heterocycles. The summed E-state index contributed by atoms with van der Waals surface area (Å²) in [7, 11) is 1.33. The average Bonchev–Trinajstić information content (AvgIpc) is 4.11. The first kappa shape index (κ1) is 49.3. The number of halogens is 10. The van der Waals surface area contributed by atoms with Gasteiger partial charge in [0.25, 0.3) is 5.91 Å². The van der Waals surface area contributed by atoms with Gasteiger partial charge in [0.1, 0.15) is 0 Å². The molecular formula is C47H39BrF9N9O4. The van der Waals surface area contributed by atoms with Crippen LogP contribution < -0.4 is 15.3 Å². The molecule has 2 aliphatic rings. The molecule has 1 amide bonds. The van der Waals surface area contributed by atoms with Crippen LogP contribution in [0.25, 0.3) is 33.1 Å². The van der Waals surface area contributed by atoms with E-state index in [4.69, 9.17) is 9.94 Å². The van der Waals surface area contributed by atoms with Crippen molar-refractivity contribution in [3.05, 3.63) is 146 Å².